The fourth-order valence-electron chi connectivity index (χ4n) is 2.47. The van der Waals surface area contributed by atoms with Crippen molar-refractivity contribution in [1.29, 1.82) is 0 Å². The van der Waals surface area contributed by atoms with E-state index in [9.17, 15) is 4.79 Å². The van der Waals surface area contributed by atoms with E-state index in [0.717, 1.165) is 12.8 Å². The lowest BCUT2D eigenvalue weighted by atomic mass is 9.99. The second-order valence-electron chi connectivity index (χ2n) is 5.23. The third-order valence-electron chi connectivity index (χ3n) is 3.68. The average molecular weight is 276 g/mol. The number of nitrogens with one attached hydrogen (secondary N) is 2. The first-order chi connectivity index (χ1) is 9.74. The first-order valence-corrected chi connectivity index (χ1v) is 7.51. The van der Waals surface area contributed by atoms with Crippen LogP contribution >= 0.6 is 0 Å². The maximum Gasteiger partial charge on any atom is 0.324 e. The van der Waals surface area contributed by atoms with E-state index < -0.39 is 0 Å². The zero-order valence-corrected chi connectivity index (χ0v) is 12.3. The summed E-state index contributed by atoms with van der Waals surface area (Å²) in [6, 6.07) is 8.59. The molecule has 4 heteroatoms. The molecule has 1 aliphatic rings. The van der Waals surface area contributed by atoms with E-state index in [1.807, 2.05) is 6.92 Å². The lowest BCUT2D eigenvalue weighted by Gasteiger charge is -2.10. The molecule has 2 N–H and O–H groups in total. The Hall–Kier alpha value is -1.39. The van der Waals surface area contributed by atoms with Gasteiger partial charge in [-0.05, 0) is 37.3 Å². The SMILES string of the molecule is CCCCc1ccc(C2CC(C(=O)OCC)NN2)cc1. The minimum Gasteiger partial charge on any atom is -0.465 e. The predicted molar refractivity (Wildman–Crippen MR) is 79.1 cm³/mol. The maximum absolute atomic E-state index is 11.7. The second kappa shape index (κ2) is 7.41. The maximum atomic E-state index is 11.7. The Kier molecular flexibility index (Phi) is 5.56. The molecule has 4 nitrogen and oxygen atoms in total. The van der Waals surface area contributed by atoms with Crippen molar-refractivity contribution in [3.8, 4) is 0 Å². The highest BCUT2D eigenvalue weighted by Crippen LogP contribution is 2.23. The van der Waals surface area contributed by atoms with Crippen molar-refractivity contribution in [3.05, 3.63) is 35.4 Å². The Morgan fingerprint density at radius 2 is 2.00 bits per heavy atom. The lowest BCUT2D eigenvalue weighted by molar-refractivity contribution is -0.145. The fraction of sp³-hybridized carbons (Fsp3) is 0.562. The quantitative estimate of drug-likeness (QED) is 0.784. The molecule has 1 saturated heterocycles. The number of hydrogen-bond donors (Lipinski definition) is 2. The molecule has 0 aliphatic carbocycles. The molecule has 0 radical (unpaired) electrons. The molecule has 1 aliphatic heterocycles. The van der Waals surface area contributed by atoms with Crippen LogP contribution in [0.3, 0.4) is 0 Å². The average Bonchev–Trinajstić information content (AvgIpc) is 2.96. The first-order valence-electron chi connectivity index (χ1n) is 7.51. The molecule has 0 aromatic heterocycles. The zero-order chi connectivity index (χ0) is 14.4. The predicted octanol–water partition coefficient (Wildman–Crippen LogP) is 2.50. The Morgan fingerprint density at radius 3 is 2.65 bits per heavy atom. The molecule has 0 spiro atoms. The largest absolute Gasteiger partial charge is 0.465 e. The summed E-state index contributed by atoms with van der Waals surface area (Å²) in [6.07, 6.45) is 4.32. The van der Waals surface area contributed by atoms with Crippen LogP contribution in [0.2, 0.25) is 0 Å². The van der Waals surface area contributed by atoms with Crippen LogP contribution in [0.1, 0.15) is 50.3 Å². The summed E-state index contributed by atoms with van der Waals surface area (Å²) < 4.78 is 5.03. The highest BCUT2D eigenvalue weighted by Gasteiger charge is 2.30. The topological polar surface area (TPSA) is 50.4 Å². The van der Waals surface area contributed by atoms with Crippen LogP contribution in [0.25, 0.3) is 0 Å². The van der Waals surface area contributed by atoms with E-state index in [-0.39, 0.29) is 18.1 Å². The minimum atomic E-state index is -0.250. The van der Waals surface area contributed by atoms with Crippen molar-refractivity contribution < 1.29 is 9.53 Å². The van der Waals surface area contributed by atoms with Crippen molar-refractivity contribution in [2.75, 3.05) is 6.61 Å². The Morgan fingerprint density at radius 1 is 1.25 bits per heavy atom. The van der Waals surface area contributed by atoms with Crippen molar-refractivity contribution in [3.63, 3.8) is 0 Å². The Balaban J connectivity index is 1.91. The van der Waals surface area contributed by atoms with Crippen molar-refractivity contribution in [2.24, 2.45) is 0 Å². The second-order valence-corrected chi connectivity index (χ2v) is 5.23. The highest BCUT2D eigenvalue weighted by atomic mass is 16.5. The van der Waals surface area contributed by atoms with Gasteiger partial charge in [-0.1, -0.05) is 37.6 Å². The van der Waals surface area contributed by atoms with Gasteiger partial charge in [0.1, 0.15) is 6.04 Å². The molecule has 1 heterocycles. The van der Waals surface area contributed by atoms with Gasteiger partial charge in [-0.25, -0.2) is 10.9 Å². The molecule has 2 unspecified atom stereocenters. The number of ether oxygens (including phenoxy) is 1. The summed E-state index contributed by atoms with van der Waals surface area (Å²) in [7, 11) is 0. The molecular weight excluding hydrogens is 252 g/mol. The first kappa shape index (κ1) is 15.0. The molecule has 2 atom stereocenters. The molecule has 1 aromatic carbocycles. The number of carbonyl (C=O) groups is 1. The zero-order valence-electron chi connectivity index (χ0n) is 12.3. The lowest BCUT2D eigenvalue weighted by Crippen LogP contribution is -2.37. The van der Waals surface area contributed by atoms with Gasteiger partial charge in [0.05, 0.1) is 6.61 Å². The number of aryl methyl sites for hydroxylation is 1. The molecule has 1 fully saturated rings. The fourth-order valence-corrected chi connectivity index (χ4v) is 2.47. The van der Waals surface area contributed by atoms with Gasteiger partial charge in [0.15, 0.2) is 0 Å². The van der Waals surface area contributed by atoms with Crippen molar-refractivity contribution in [1.82, 2.24) is 10.9 Å². The third kappa shape index (κ3) is 3.81. The van der Waals surface area contributed by atoms with E-state index >= 15 is 0 Å². The molecule has 110 valence electrons. The van der Waals surface area contributed by atoms with Gasteiger partial charge in [0, 0.05) is 6.04 Å². The van der Waals surface area contributed by atoms with Crippen LogP contribution in [-0.4, -0.2) is 18.6 Å². The monoisotopic (exact) mass is 276 g/mol. The summed E-state index contributed by atoms with van der Waals surface area (Å²) in [5.74, 6) is -0.179. The van der Waals surface area contributed by atoms with Crippen LogP contribution in [0.15, 0.2) is 24.3 Å². The summed E-state index contributed by atoms with van der Waals surface area (Å²) >= 11 is 0. The molecule has 0 saturated carbocycles. The van der Waals surface area contributed by atoms with Crippen LogP contribution in [0.4, 0.5) is 0 Å². The molecule has 0 amide bonds. The van der Waals surface area contributed by atoms with Gasteiger partial charge < -0.3 is 4.74 Å². The van der Waals surface area contributed by atoms with Crippen molar-refractivity contribution in [2.45, 2.75) is 51.6 Å². The smallest absolute Gasteiger partial charge is 0.324 e. The number of unbranched alkanes of at least 4 members (excludes halogenated alkanes) is 1. The van der Waals surface area contributed by atoms with Gasteiger partial charge >= 0.3 is 5.97 Å². The third-order valence-corrected chi connectivity index (χ3v) is 3.68. The molecule has 1 aromatic rings. The standard InChI is InChI=1S/C16H24N2O2/c1-3-5-6-12-7-9-13(10-8-12)14-11-15(18-17-14)16(19)20-4-2/h7-10,14-15,17-18H,3-6,11H2,1-2H3. The van der Waals surface area contributed by atoms with Gasteiger partial charge in [0.2, 0.25) is 0 Å². The van der Waals surface area contributed by atoms with E-state index in [0.29, 0.717) is 6.61 Å². The molecule has 20 heavy (non-hydrogen) atoms. The number of esters is 1. The van der Waals surface area contributed by atoms with E-state index in [2.05, 4.69) is 42.0 Å². The summed E-state index contributed by atoms with van der Waals surface area (Å²) in [5, 5.41) is 0. The van der Waals surface area contributed by atoms with Gasteiger partial charge in [0.25, 0.3) is 0 Å². The summed E-state index contributed by atoms with van der Waals surface area (Å²) in [5.41, 5.74) is 8.78. The van der Waals surface area contributed by atoms with Gasteiger partial charge in [-0.2, -0.15) is 0 Å². The molecule has 2 rings (SSSR count). The van der Waals surface area contributed by atoms with Gasteiger partial charge in [-0.15, -0.1) is 0 Å². The van der Waals surface area contributed by atoms with Crippen LogP contribution in [-0.2, 0) is 16.0 Å². The number of benzene rings is 1. The number of carbonyl (C=O) groups excluding carboxylic acids is 1. The van der Waals surface area contributed by atoms with Crippen LogP contribution < -0.4 is 10.9 Å². The van der Waals surface area contributed by atoms with Crippen LogP contribution in [0.5, 0.6) is 0 Å². The highest BCUT2D eigenvalue weighted by molar-refractivity contribution is 5.76. The minimum absolute atomic E-state index is 0.171. The summed E-state index contributed by atoms with van der Waals surface area (Å²) in [6.45, 7) is 4.46. The molecule has 0 bridgehead atoms. The van der Waals surface area contributed by atoms with E-state index in [4.69, 9.17) is 4.74 Å². The Bertz CT molecular complexity index is 431. The number of rotatable bonds is 6. The van der Waals surface area contributed by atoms with Gasteiger partial charge in [-0.3, -0.25) is 4.79 Å². The summed E-state index contributed by atoms with van der Waals surface area (Å²) in [4.78, 5) is 11.7. The van der Waals surface area contributed by atoms with Crippen LogP contribution in [0, 0.1) is 0 Å². The number of hydrazine groups is 1. The van der Waals surface area contributed by atoms with Crippen molar-refractivity contribution >= 4 is 5.97 Å². The van der Waals surface area contributed by atoms with E-state index in [1.54, 1.807) is 0 Å². The normalized spacial score (nSPS) is 21.9. The Labute approximate surface area is 120 Å². The van der Waals surface area contributed by atoms with E-state index in [1.165, 1.54) is 24.0 Å². The molecular formula is C16H24N2O2. The number of hydrogen-bond acceptors (Lipinski definition) is 4.